The zero-order valence-electron chi connectivity index (χ0n) is 8.96. The highest BCUT2D eigenvalue weighted by molar-refractivity contribution is 5.71. The average molecular weight is 229 g/mol. The van der Waals surface area contributed by atoms with E-state index in [0.29, 0.717) is 5.75 Å². The number of para-hydroxylation sites is 1. The summed E-state index contributed by atoms with van der Waals surface area (Å²) in [6, 6.07) is 12.6. The second-order valence-corrected chi connectivity index (χ2v) is 3.19. The van der Waals surface area contributed by atoms with Gasteiger partial charge in [-0.25, -0.2) is 10.2 Å². The van der Waals surface area contributed by atoms with E-state index >= 15 is 0 Å². The van der Waals surface area contributed by atoms with Gasteiger partial charge in [0.05, 0.1) is 11.9 Å². The maximum atomic E-state index is 11.4. The molecule has 0 spiro atoms. The molecule has 2 aromatic rings. The number of hydrogen-bond acceptors (Lipinski definition) is 4. The Labute approximate surface area is 98.4 Å². The number of anilines is 1. The molecule has 0 saturated carbocycles. The summed E-state index contributed by atoms with van der Waals surface area (Å²) in [4.78, 5) is 15.2. The van der Waals surface area contributed by atoms with Gasteiger partial charge in [0.15, 0.2) is 5.75 Å². The third kappa shape index (κ3) is 3.49. The van der Waals surface area contributed by atoms with Crippen molar-refractivity contribution in [2.75, 3.05) is 5.43 Å². The van der Waals surface area contributed by atoms with Gasteiger partial charge in [0.25, 0.3) is 0 Å². The molecule has 0 atom stereocenters. The summed E-state index contributed by atoms with van der Waals surface area (Å²) >= 11 is 0. The van der Waals surface area contributed by atoms with E-state index in [1.807, 2.05) is 30.3 Å². The SMILES string of the molecule is O=C(NNc1ccccc1)Oc1cccnc1. The second kappa shape index (κ2) is 5.50. The molecule has 5 heteroatoms. The summed E-state index contributed by atoms with van der Waals surface area (Å²) in [6.07, 6.45) is 2.47. The summed E-state index contributed by atoms with van der Waals surface area (Å²) < 4.78 is 4.96. The first-order chi connectivity index (χ1) is 8.34. The molecule has 0 fully saturated rings. The van der Waals surface area contributed by atoms with Gasteiger partial charge in [-0.1, -0.05) is 18.2 Å². The molecule has 2 N–H and O–H groups in total. The van der Waals surface area contributed by atoms with Gasteiger partial charge >= 0.3 is 6.09 Å². The number of benzene rings is 1. The number of amides is 1. The molecule has 0 saturated heterocycles. The zero-order valence-corrected chi connectivity index (χ0v) is 8.96. The van der Waals surface area contributed by atoms with Crippen molar-refractivity contribution in [2.45, 2.75) is 0 Å². The lowest BCUT2D eigenvalue weighted by Crippen LogP contribution is -2.32. The Morgan fingerprint density at radius 3 is 2.65 bits per heavy atom. The van der Waals surface area contributed by atoms with Crippen molar-refractivity contribution >= 4 is 11.8 Å². The quantitative estimate of drug-likeness (QED) is 0.792. The topological polar surface area (TPSA) is 63.2 Å². The van der Waals surface area contributed by atoms with Crippen LogP contribution in [0, 0.1) is 0 Å². The molecule has 1 amide bonds. The standard InChI is InChI=1S/C12H11N3O2/c16-12(17-11-7-4-8-13-9-11)15-14-10-5-2-1-3-6-10/h1-9,14H,(H,15,16). The maximum absolute atomic E-state index is 11.4. The molecule has 0 bridgehead atoms. The highest BCUT2D eigenvalue weighted by Gasteiger charge is 2.02. The van der Waals surface area contributed by atoms with Crippen LogP contribution in [0.5, 0.6) is 5.75 Å². The van der Waals surface area contributed by atoms with E-state index in [9.17, 15) is 4.79 Å². The second-order valence-electron chi connectivity index (χ2n) is 3.19. The molecule has 1 heterocycles. The average Bonchev–Trinajstić information content (AvgIpc) is 2.39. The molecule has 86 valence electrons. The first kappa shape index (κ1) is 10.9. The molecule has 17 heavy (non-hydrogen) atoms. The van der Waals surface area contributed by atoms with Gasteiger partial charge in [-0.3, -0.25) is 10.4 Å². The van der Waals surface area contributed by atoms with Crippen molar-refractivity contribution in [2.24, 2.45) is 0 Å². The van der Waals surface area contributed by atoms with Crippen molar-refractivity contribution < 1.29 is 9.53 Å². The molecule has 0 aliphatic carbocycles. The van der Waals surface area contributed by atoms with Crippen LogP contribution in [0.15, 0.2) is 54.9 Å². The summed E-state index contributed by atoms with van der Waals surface area (Å²) in [6.45, 7) is 0. The summed E-state index contributed by atoms with van der Waals surface area (Å²) in [5, 5.41) is 0. The molecule has 0 aliphatic heterocycles. The molecule has 1 aromatic carbocycles. The normalized spacial score (nSPS) is 9.41. The van der Waals surface area contributed by atoms with Gasteiger partial charge in [-0.2, -0.15) is 0 Å². The highest BCUT2D eigenvalue weighted by Crippen LogP contribution is 2.06. The van der Waals surface area contributed by atoms with Crippen LogP contribution in [-0.4, -0.2) is 11.1 Å². The largest absolute Gasteiger partial charge is 0.431 e. The van der Waals surface area contributed by atoms with Gasteiger partial charge in [-0.15, -0.1) is 0 Å². The smallest absolute Gasteiger partial charge is 0.407 e. The van der Waals surface area contributed by atoms with E-state index in [2.05, 4.69) is 15.8 Å². The number of nitrogens with one attached hydrogen (secondary N) is 2. The fourth-order valence-corrected chi connectivity index (χ4v) is 1.18. The first-order valence-electron chi connectivity index (χ1n) is 5.03. The van der Waals surface area contributed by atoms with Crippen molar-refractivity contribution in [1.82, 2.24) is 10.4 Å². The number of hydrogen-bond donors (Lipinski definition) is 2. The van der Waals surface area contributed by atoms with E-state index in [0.717, 1.165) is 5.69 Å². The summed E-state index contributed by atoms with van der Waals surface area (Å²) in [7, 11) is 0. The predicted molar refractivity (Wildman–Crippen MR) is 63.5 cm³/mol. The number of aromatic nitrogens is 1. The van der Waals surface area contributed by atoms with Crippen LogP contribution in [0.1, 0.15) is 0 Å². The Morgan fingerprint density at radius 2 is 1.94 bits per heavy atom. The van der Waals surface area contributed by atoms with Crippen molar-refractivity contribution in [3.8, 4) is 5.75 Å². The monoisotopic (exact) mass is 229 g/mol. The number of ether oxygens (including phenoxy) is 1. The Balaban J connectivity index is 1.83. The molecule has 5 nitrogen and oxygen atoms in total. The highest BCUT2D eigenvalue weighted by atomic mass is 16.6. The number of pyridine rings is 1. The number of nitrogens with zero attached hydrogens (tertiary/aromatic N) is 1. The lowest BCUT2D eigenvalue weighted by atomic mass is 10.3. The molecular weight excluding hydrogens is 218 g/mol. The predicted octanol–water partition coefficient (Wildman–Crippen LogP) is 2.20. The van der Waals surface area contributed by atoms with Crippen molar-refractivity contribution in [3.05, 3.63) is 54.9 Å². The molecule has 0 aliphatic rings. The van der Waals surface area contributed by atoms with Gasteiger partial charge in [-0.05, 0) is 24.3 Å². The minimum Gasteiger partial charge on any atom is -0.407 e. The minimum atomic E-state index is -0.596. The van der Waals surface area contributed by atoms with Crippen molar-refractivity contribution in [3.63, 3.8) is 0 Å². The van der Waals surface area contributed by atoms with E-state index < -0.39 is 6.09 Å². The summed E-state index contributed by atoms with van der Waals surface area (Å²) in [5.41, 5.74) is 5.90. The fraction of sp³-hybridized carbons (Fsp3) is 0. The Hall–Kier alpha value is -2.56. The molecule has 2 rings (SSSR count). The Bertz CT molecular complexity index is 474. The van der Waals surface area contributed by atoms with Gasteiger partial charge < -0.3 is 4.74 Å². The van der Waals surface area contributed by atoms with E-state index in [-0.39, 0.29) is 0 Å². The van der Waals surface area contributed by atoms with Crippen molar-refractivity contribution in [1.29, 1.82) is 0 Å². The number of carbonyl (C=O) groups is 1. The number of hydrazine groups is 1. The summed E-state index contributed by atoms with van der Waals surface area (Å²) in [5.74, 6) is 0.389. The molecule has 1 aromatic heterocycles. The zero-order chi connectivity index (χ0) is 11.9. The van der Waals surface area contributed by atoms with E-state index in [1.54, 1.807) is 18.3 Å². The molecule has 0 unspecified atom stereocenters. The van der Waals surface area contributed by atoms with E-state index in [4.69, 9.17) is 4.74 Å². The third-order valence-corrected chi connectivity index (χ3v) is 1.93. The third-order valence-electron chi connectivity index (χ3n) is 1.93. The fourth-order valence-electron chi connectivity index (χ4n) is 1.18. The van der Waals surface area contributed by atoms with Gasteiger partial charge in [0, 0.05) is 6.20 Å². The molecular formula is C12H11N3O2. The number of rotatable bonds is 3. The Kier molecular flexibility index (Phi) is 3.54. The number of carbonyl (C=O) groups excluding carboxylic acids is 1. The Morgan fingerprint density at radius 1 is 1.12 bits per heavy atom. The van der Waals surface area contributed by atoms with Crippen LogP contribution >= 0.6 is 0 Å². The van der Waals surface area contributed by atoms with Gasteiger partial charge in [0.1, 0.15) is 0 Å². The van der Waals surface area contributed by atoms with Crippen LogP contribution < -0.4 is 15.6 Å². The van der Waals surface area contributed by atoms with Crippen LogP contribution in [0.4, 0.5) is 10.5 Å². The van der Waals surface area contributed by atoms with E-state index in [1.165, 1.54) is 6.20 Å². The van der Waals surface area contributed by atoms with Gasteiger partial charge in [0.2, 0.25) is 0 Å². The van der Waals surface area contributed by atoms with Crippen LogP contribution in [0.3, 0.4) is 0 Å². The lowest BCUT2D eigenvalue weighted by Gasteiger charge is -2.08. The minimum absolute atomic E-state index is 0.389. The molecule has 0 radical (unpaired) electrons. The lowest BCUT2D eigenvalue weighted by molar-refractivity contribution is 0.202. The first-order valence-corrected chi connectivity index (χ1v) is 5.03. The maximum Gasteiger partial charge on any atom is 0.431 e. The van der Waals surface area contributed by atoms with Crippen LogP contribution in [0.25, 0.3) is 0 Å². The van der Waals surface area contributed by atoms with Crippen LogP contribution in [-0.2, 0) is 0 Å². The van der Waals surface area contributed by atoms with Crippen LogP contribution in [0.2, 0.25) is 0 Å².